The highest BCUT2D eigenvalue weighted by atomic mass is 16.5. The van der Waals surface area contributed by atoms with E-state index in [1.54, 1.807) is 0 Å². The fourth-order valence-corrected chi connectivity index (χ4v) is 5.01. The topological polar surface area (TPSA) is 19.0 Å². The molecule has 3 atom stereocenters. The molecule has 3 fully saturated rings. The summed E-state index contributed by atoms with van der Waals surface area (Å²) >= 11 is 0. The quantitative estimate of drug-likeness (QED) is 0.742. The van der Waals surface area contributed by atoms with Crippen molar-refractivity contribution >= 4 is 0 Å². The molecule has 3 saturated heterocycles. The van der Waals surface area contributed by atoms with Crippen LogP contribution in [0.5, 0.6) is 0 Å². The third-order valence-corrected chi connectivity index (χ3v) is 6.51. The Morgan fingerprint density at radius 2 is 1.50 bits per heavy atom. The molecule has 3 rings (SSSR count). The predicted octanol–water partition coefficient (Wildman–Crippen LogP) is 2.68. The van der Waals surface area contributed by atoms with E-state index in [1.807, 2.05) is 0 Å². The molecule has 3 aliphatic heterocycles. The van der Waals surface area contributed by atoms with Crippen molar-refractivity contribution in [2.75, 3.05) is 52.9 Å². The number of rotatable bonds is 6. The van der Waals surface area contributed by atoms with Crippen molar-refractivity contribution in [3.05, 3.63) is 0 Å². The lowest BCUT2D eigenvalue weighted by molar-refractivity contribution is -0.0693. The van der Waals surface area contributed by atoms with Gasteiger partial charge in [0, 0.05) is 19.1 Å². The molecule has 3 heterocycles. The first-order valence-corrected chi connectivity index (χ1v) is 10.4. The first-order valence-electron chi connectivity index (χ1n) is 10.4. The van der Waals surface area contributed by atoms with Gasteiger partial charge in [-0.05, 0) is 98.1 Å². The minimum Gasteiger partial charge on any atom is -0.373 e. The van der Waals surface area contributed by atoms with E-state index in [2.05, 4.69) is 35.6 Å². The highest BCUT2D eigenvalue weighted by Crippen LogP contribution is 2.24. The number of hydrogen-bond acceptors (Lipinski definition) is 4. The molecule has 3 aliphatic rings. The second-order valence-corrected chi connectivity index (χ2v) is 8.66. The molecule has 0 aromatic carbocycles. The number of nitrogens with zero attached hydrogens (tertiary/aromatic N) is 3. The Bertz CT molecular complexity index is 360. The second kappa shape index (κ2) is 8.98. The van der Waals surface area contributed by atoms with Gasteiger partial charge in [0.15, 0.2) is 0 Å². The summed E-state index contributed by atoms with van der Waals surface area (Å²) in [6.07, 6.45) is 9.23. The molecule has 140 valence electrons. The Morgan fingerprint density at radius 1 is 0.833 bits per heavy atom. The van der Waals surface area contributed by atoms with Crippen molar-refractivity contribution in [2.24, 2.45) is 5.92 Å². The molecule has 4 nitrogen and oxygen atoms in total. The van der Waals surface area contributed by atoms with Gasteiger partial charge in [-0.2, -0.15) is 0 Å². The molecule has 4 heteroatoms. The van der Waals surface area contributed by atoms with Crippen LogP contribution < -0.4 is 0 Å². The van der Waals surface area contributed by atoms with Crippen LogP contribution in [0.1, 0.15) is 52.4 Å². The summed E-state index contributed by atoms with van der Waals surface area (Å²) in [7, 11) is 2.30. The summed E-state index contributed by atoms with van der Waals surface area (Å²) in [5.41, 5.74) is 0. The summed E-state index contributed by atoms with van der Waals surface area (Å²) in [6, 6.07) is 0.855. The molecule has 24 heavy (non-hydrogen) atoms. The summed E-state index contributed by atoms with van der Waals surface area (Å²) in [5, 5.41) is 0. The zero-order valence-electron chi connectivity index (χ0n) is 16.3. The number of morpholine rings is 1. The van der Waals surface area contributed by atoms with Gasteiger partial charge in [0.1, 0.15) is 0 Å². The van der Waals surface area contributed by atoms with Crippen molar-refractivity contribution in [2.45, 2.75) is 70.6 Å². The number of piperidine rings is 1. The van der Waals surface area contributed by atoms with Crippen LogP contribution in [0.3, 0.4) is 0 Å². The molecule has 0 aliphatic carbocycles. The third kappa shape index (κ3) is 5.42. The van der Waals surface area contributed by atoms with Gasteiger partial charge < -0.3 is 14.5 Å². The number of hydrogen-bond donors (Lipinski definition) is 0. The Hall–Kier alpha value is -0.160. The Balaban J connectivity index is 1.29. The van der Waals surface area contributed by atoms with Crippen LogP contribution in [-0.2, 0) is 4.74 Å². The van der Waals surface area contributed by atoms with E-state index in [1.165, 1.54) is 71.2 Å². The predicted molar refractivity (Wildman–Crippen MR) is 100 cm³/mol. The van der Waals surface area contributed by atoms with Gasteiger partial charge in [-0.1, -0.05) is 0 Å². The van der Waals surface area contributed by atoms with Gasteiger partial charge in [-0.15, -0.1) is 0 Å². The van der Waals surface area contributed by atoms with Crippen molar-refractivity contribution < 1.29 is 4.74 Å². The van der Waals surface area contributed by atoms with E-state index < -0.39 is 0 Å². The van der Waals surface area contributed by atoms with E-state index in [4.69, 9.17) is 4.74 Å². The normalized spacial score (nSPS) is 34.9. The maximum Gasteiger partial charge on any atom is 0.0678 e. The SMILES string of the molecule is C[C@@H]1CN(CCC2CCN(CC[C@@H]3CCCN3C)CC2)C[C@@H](C)O1. The number of ether oxygens (including phenoxy) is 1. The third-order valence-electron chi connectivity index (χ3n) is 6.51. The lowest BCUT2D eigenvalue weighted by Gasteiger charge is -2.37. The first kappa shape index (κ1) is 18.6. The lowest BCUT2D eigenvalue weighted by atomic mass is 9.93. The maximum absolute atomic E-state index is 5.85. The van der Waals surface area contributed by atoms with Crippen molar-refractivity contribution in [1.82, 2.24) is 14.7 Å². The average Bonchev–Trinajstić information content (AvgIpc) is 2.96. The number of likely N-dealkylation sites (tertiary alicyclic amines) is 2. The van der Waals surface area contributed by atoms with Gasteiger partial charge >= 0.3 is 0 Å². The van der Waals surface area contributed by atoms with E-state index in [0.717, 1.165) is 25.0 Å². The van der Waals surface area contributed by atoms with Crippen LogP contribution in [0.4, 0.5) is 0 Å². The van der Waals surface area contributed by atoms with E-state index in [-0.39, 0.29) is 0 Å². The van der Waals surface area contributed by atoms with Gasteiger partial charge in [0.2, 0.25) is 0 Å². The molecule has 0 aromatic heterocycles. The molecule has 0 aromatic rings. The maximum atomic E-state index is 5.85. The van der Waals surface area contributed by atoms with E-state index in [0.29, 0.717) is 12.2 Å². The Morgan fingerprint density at radius 3 is 2.12 bits per heavy atom. The lowest BCUT2D eigenvalue weighted by Crippen LogP contribution is -2.46. The second-order valence-electron chi connectivity index (χ2n) is 8.66. The van der Waals surface area contributed by atoms with Crippen LogP contribution in [0.2, 0.25) is 0 Å². The summed E-state index contributed by atoms with van der Waals surface area (Å²) in [6.45, 7) is 13.2. The standard InChI is InChI=1S/C20H39N3O/c1-17-15-23(16-18(2)24-17)13-8-19-6-11-22(12-7-19)14-9-20-5-4-10-21(20)3/h17-20H,4-16H2,1-3H3/t17-,18-,20+/m1/s1. The van der Waals surface area contributed by atoms with Gasteiger partial charge in [0.25, 0.3) is 0 Å². The van der Waals surface area contributed by atoms with Gasteiger partial charge in [-0.3, -0.25) is 4.90 Å². The van der Waals surface area contributed by atoms with Crippen LogP contribution >= 0.6 is 0 Å². The summed E-state index contributed by atoms with van der Waals surface area (Å²) < 4.78 is 5.85. The minimum absolute atomic E-state index is 0.407. The van der Waals surface area contributed by atoms with Crippen LogP contribution in [0, 0.1) is 5.92 Å². The summed E-state index contributed by atoms with van der Waals surface area (Å²) in [4.78, 5) is 7.92. The first-order chi connectivity index (χ1) is 11.6. The molecular formula is C20H39N3O. The average molecular weight is 338 g/mol. The van der Waals surface area contributed by atoms with Crippen LogP contribution in [0.25, 0.3) is 0 Å². The van der Waals surface area contributed by atoms with Crippen molar-refractivity contribution in [1.29, 1.82) is 0 Å². The van der Waals surface area contributed by atoms with E-state index in [9.17, 15) is 0 Å². The molecule has 0 amide bonds. The zero-order valence-corrected chi connectivity index (χ0v) is 16.3. The zero-order chi connectivity index (χ0) is 16.9. The summed E-state index contributed by atoms with van der Waals surface area (Å²) in [5.74, 6) is 0.948. The van der Waals surface area contributed by atoms with Gasteiger partial charge in [0.05, 0.1) is 12.2 Å². The highest BCUT2D eigenvalue weighted by molar-refractivity contribution is 4.80. The largest absolute Gasteiger partial charge is 0.373 e. The Kier molecular flexibility index (Phi) is 6.97. The minimum atomic E-state index is 0.407. The Labute approximate surface area is 149 Å². The molecule has 0 saturated carbocycles. The fourth-order valence-electron chi connectivity index (χ4n) is 5.01. The molecule has 0 radical (unpaired) electrons. The van der Waals surface area contributed by atoms with Crippen molar-refractivity contribution in [3.8, 4) is 0 Å². The smallest absolute Gasteiger partial charge is 0.0678 e. The van der Waals surface area contributed by atoms with Crippen LogP contribution in [-0.4, -0.2) is 85.8 Å². The highest BCUT2D eigenvalue weighted by Gasteiger charge is 2.25. The van der Waals surface area contributed by atoms with Crippen molar-refractivity contribution in [3.63, 3.8) is 0 Å². The van der Waals surface area contributed by atoms with E-state index >= 15 is 0 Å². The fraction of sp³-hybridized carbons (Fsp3) is 1.00. The molecule has 0 bridgehead atoms. The monoisotopic (exact) mass is 337 g/mol. The molecule has 0 spiro atoms. The molecular weight excluding hydrogens is 298 g/mol. The van der Waals surface area contributed by atoms with Gasteiger partial charge in [-0.25, -0.2) is 0 Å². The molecule has 0 N–H and O–H groups in total. The van der Waals surface area contributed by atoms with Crippen LogP contribution in [0.15, 0.2) is 0 Å². The molecule has 0 unspecified atom stereocenters.